The van der Waals surface area contributed by atoms with Gasteiger partial charge in [0.15, 0.2) is 5.69 Å². The first-order chi connectivity index (χ1) is 8.99. The Morgan fingerprint density at radius 1 is 1.53 bits per heavy atom. The van der Waals surface area contributed by atoms with Gasteiger partial charge in [0.2, 0.25) is 11.5 Å². The topological polar surface area (TPSA) is 144 Å². The second kappa shape index (κ2) is 5.02. The molecular weight excluding hydrogens is 274 g/mol. The fourth-order valence-electron chi connectivity index (χ4n) is 1.26. The molecule has 0 bridgehead atoms. The van der Waals surface area contributed by atoms with E-state index in [4.69, 9.17) is 10.8 Å². The number of carbonyl (C=O) groups excluding carboxylic acids is 1. The lowest BCUT2D eigenvalue weighted by Gasteiger charge is -2.09. The first-order valence-corrected chi connectivity index (χ1v) is 5.94. The third-order valence-electron chi connectivity index (χ3n) is 2.19. The largest absolute Gasteiger partial charge is 0.476 e. The van der Waals surface area contributed by atoms with Crippen molar-refractivity contribution in [3.63, 3.8) is 0 Å². The van der Waals surface area contributed by atoms with Crippen LogP contribution in [0.4, 0.5) is 5.82 Å². The molecule has 2 heterocycles. The Hall–Kier alpha value is -2.49. The van der Waals surface area contributed by atoms with Gasteiger partial charge < -0.3 is 16.2 Å². The van der Waals surface area contributed by atoms with E-state index in [-0.39, 0.29) is 17.2 Å². The van der Waals surface area contributed by atoms with Crippen LogP contribution in [-0.2, 0) is 0 Å². The number of hydrogen-bond acceptors (Lipinski definition) is 8. The highest BCUT2D eigenvalue weighted by Crippen LogP contribution is 2.18. The molecule has 0 saturated carbocycles. The fourth-order valence-corrected chi connectivity index (χ4v) is 2.06. The fraction of sp³-hybridized carbons (Fsp3) is 0.222. The number of aromatic nitrogens is 3. The van der Waals surface area contributed by atoms with Crippen molar-refractivity contribution in [3.05, 3.63) is 21.8 Å². The van der Waals surface area contributed by atoms with Crippen LogP contribution in [0.2, 0.25) is 0 Å². The highest BCUT2D eigenvalue weighted by atomic mass is 32.1. The van der Waals surface area contributed by atoms with Crippen molar-refractivity contribution in [2.45, 2.75) is 13.0 Å². The second-order valence-corrected chi connectivity index (χ2v) is 4.46. The Balaban J connectivity index is 2.08. The lowest BCUT2D eigenvalue weighted by molar-refractivity contribution is 0.0691. The summed E-state index contributed by atoms with van der Waals surface area (Å²) in [6, 6.07) is -0.485. The van der Waals surface area contributed by atoms with Crippen LogP contribution in [0.25, 0.3) is 0 Å². The van der Waals surface area contributed by atoms with E-state index in [0.29, 0.717) is 5.01 Å². The average molecular weight is 283 g/mol. The van der Waals surface area contributed by atoms with Crippen molar-refractivity contribution in [1.29, 1.82) is 0 Å². The van der Waals surface area contributed by atoms with Crippen LogP contribution in [0.1, 0.15) is 39.0 Å². The lowest BCUT2D eigenvalue weighted by Crippen LogP contribution is -2.27. The first-order valence-electron chi connectivity index (χ1n) is 5.06. The number of hydrogen-bond donors (Lipinski definition) is 3. The third-order valence-corrected chi connectivity index (χ3v) is 3.22. The number of nitrogens with one attached hydrogen (secondary N) is 1. The van der Waals surface area contributed by atoms with Gasteiger partial charge in [-0.2, -0.15) is 0 Å². The smallest absolute Gasteiger partial charge is 0.355 e. The summed E-state index contributed by atoms with van der Waals surface area (Å²) in [6.45, 7) is 1.66. The van der Waals surface area contributed by atoms with Crippen LogP contribution >= 0.6 is 11.3 Å². The molecule has 0 aliphatic heterocycles. The molecule has 4 N–H and O–H groups in total. The number of nitrogens with two attached hydrogens (primary N) is 1. The van der Waals surface area contributed by atoms with Crippen LogP contribution in [0.5, 0.6) is 0 Å². The minimum Gasteiger partial charge on any atom is -0.476 e. The average Bonchev–Trinajstić information content (AvgIpc) is 2.96. The Labute approximate surface area is 110 Å². The van der Waals surface area contributed by atoms with Gasteiger partial charge >= 0.3 is 5.97 Å². The molecule has 10 heteroatoms. The van der Waals surface area contributed by atoms with Crippen LogP contribution in [-0.4, -0.2) is 32.3 Å². The molecule has 0 saturated heterocycles. The van der Waals surface area contributed by atoms with Crippen LogP contribution in [0.3, 0.4) is 0 Å². The number of carboxylic acids is 1. The number of nitrogen functional groups attached to an aromatic ring is 1. The first kappa shape index (κ1) is 13.0. The summed E-state index contributed by atoms with van der Waals surface area (Å²) >= 11 is 1.13. The zero-order chi connectivity index (χ0) is 14.0. The zero-order valence-corrected chi connectivity index (χ0v) is 10.5. The number of aromatic carboxylic acids is 1. The molecule has 1 atom stereocenters. The van der Waals surface area contributed by atoms with Gasteiger partial charge in [-0.3, -0.25) is 4.79 Å². The third kappa shape index (κ3) is 2.68. The summed E-state index contributed by atoms with van der Waals surface area (Å²) in [6.07, 6.45) is 0. The Bertz CT molecular complexity index is 622. The summed E-state index contributed by atoms with van der Waals surface area (Å²) in [7, 11) is 0. The van der Waals surface area contributed by atoms with Gasteiger partial charge in [-0.15, -0.1) is 11.3 Å². The molecule has 0 aliphatic rings. The van der Waals surface area contributed by atoms with E-state index in [1.165, 1.54) is 5.38 Å². The molecule has 0 aliphatic carbocycles. The van der Waals surface area contributed by atoms with E-state index >= 15 is 0 Å². The van der Waals surface area contributed by atoms with Gasteiger partial charge in [0.1, 0.15) is 5.01 Å². The van der Waals surface area contributed by atoms with Gasteiger partial charge in [0.05, 0.1) is 6.04 Å². The lowest BCUT2D eigenvalue weighted by atomic mass is 10.3. The number of nitrogens with zero attached hydrogens (tertiary/aromatic N) is 3. The molecule has 19 heavy (non-hydrogen) atoms. The molecular formula is C9H9N5O4S. The highest BCUT2D eigenvalue weighted by molar-refractivity contribution is 7.09. The Kier molecular flexibility index (Phi) is 3.42. The van der Waals surface area contributed by atoms with Gasteiger partial charge in [-0.25, -0.2) is 14.4 Å². The molecule has 2 aromatic rings. The maximum Gasteiger partial charge on any atom is 0.355 e. The molecule has 1 unspecified atom stereocenters. The summed E-state index contributed by atoms with van der Waals surface area (Å²) < 4.78 is 4.31. The molecule has 0 radical (unpaired) electrons. The van der Waals surface area contributed by atoms with E-state index in [0.717, 1.165) is 11.3 Å². The standard InChI is InChI=1S/C9H9N5O4S/c1-3(8-12-4(2-19-8)9(16)17)11-7(15)5-6(10)14-18-13-5/h2-3H,1H3,(H2,10,14)(H,11,15)(H,16,17). The van der Waals surface area contributed by atoms with Gasteiger partial charge in [-0.1, -0.05) is 0 Å². The SMILES string of the molecule is CC(NC(=O)c1nonc1N)c1nc(C(=O)O)cs1. The van der Waals surface area contributed by atoms with Crippen molar-refractivity contribution in [3.8, 4) is 0 Å². The number of thiazole rings is 1. The van der Waals surface area contributed by atoms with Crippen molar-refractivity contribution >= 4 is 29.0 Å². The van der Waals surface area contributed by atoms with E-state index in [2.05, 4.69) is 25.2 Å². The summed E-state index contributed by atoms with van der Waals surface area (Å²) in [5, 5.41) is 19.8. The minimum absolute atomic E-state index is 0.0660. The van der Waals surface area contributed by atoms with Crippen molar-refractivity contribution in [1.82, 2.24) is 20.6 Å². The quantitative estimate of drug-likeness (QED) is 0.726. The van der Waals surface area contributed by atoms with Gasteiger partial charge in [-0.05, 0) is 17.2 Å². The molecule has 2 rings (SSSR count). The monoisotopic (exact) mass is 283 g/mol. The summed E-state index contributed by atoms with van der Waals surface area (Å²) in [5.41, 5.74) is 5.19. The van der Waals surface area contributed by atoms with Crippen LogP contribution in [0, 0.1) is 0 Å². The van der Waals surface area contributed by atoms with Gasteiger partial charge in [0, 0.05) is 5.38 Å². The predicted molar refractivity (Wildman–Crippen MR) is 63.7 cm³/mol. The minimum atomic E-state index is -1.12. The number of rotatable bonds is 4. The molecule has 0 fully saturated rings. The van der Waals surface area contributed by atoms with E-state index < -0.39 is 17.9 Å². The molecule has 9 nitrogen and oxygen atoms in total. The molecule has 0 spiro atoms. The maximum absolute atomic E-state index is 11.8. The number of carbonyl (C=O) groups is 2. The van der Waals surface area contributed by atoms with Crippen molar-refractivity contribution in [2.75, 3.05) is 5.73 Å². The summed E-state index contributed by atoms with van der Waals surface area (Å²) in [5.74, 6) is -1.81. The Morgan fingerprint density at radius 3 is 2.79 bits per heavy atom. The predicted octanol–water partition coefficient (Wildman–Crippen LogP) is 0.298. The molecule has 1 amide bonds. The Morgan fingerprint density at radius 2 is 2.26 bits per heavy atom. The maximum atomic E-state index is 11.8. The number of anilines is 1. The van der Waals surface area contributed by atoms with E-state index in [1.807, 2.05) is 0 Å². The highest BCUT2D eigenvalue weighted by Gasteiger charge is 2.20. The molecule has 2 aromatic heterocycles. The van der Waals surface area contributed by atoms with Crippen molar-refractivity contribution in [2.24, 2.45) is 0 Å². The normalized spacial score (nSPS) is 12.1. The van der Waals surface area contributed by atoms with E-state index in [1.54, 1.807) is 6.92 Å². The van der Waals surface area contributed by atoms with Crippen molar-refractivity contribution < 1.29 is 19.3 Å². The molecule has 100 valence electrons. The van der Waals surface area contributed by atoms with Crippen LogP contribution in [0.15, 0.2) is 10.0 Å². The second-order valence-electron chi connectivity index (χ2n) is 3.57. The number of amides is 1. The number of carboxylic acid groups (broad SMARTS) is 1. The van der Waals surface area contributed by atoms with Gasteiger partial charge in [0.25, 0.3) is 5.91 Å². The zero-order valence-electron chi connectivity index (χ0n) is 9.65. The summed E-state index contributed by atoms with van der Waals surface area (Å²) in [4.78, 5) is 26.3. The van der Waals surface area contributed by atoms with Crippen LogP contribution < -0.4 is 11.1 Å². The van der Waals surface area contributed by atoms with E-state index in [9.17, 15) is 9.59 Å². The molecule has 0 aromatic carbocycles.